The van der Waals surface area contributed by atoms with Gasteiger partial charge in [0, 0.05) is 0 Å². The minimum absolute atomic E-state index is 1.23. The molecule has 17 heavy (non-hydrogen) atoms. The first-order valence-corrected chi connectivity index (χ1v) is 8.40. The summed E-state index contributed by atoms with van der Waals surface area (Å²) in [5.74, 6) is 0. The molecule has 0 aliphatic rings. The van der Waals surface area contributed by atoms with E-state index in [-0.39, 0.29) is 0 Å². The fourth-order valence-electron chi connectivity index (χ4n) is 1.74. The fourth-order valence-corrected chi connectivity index (χ4v) is 1.74. The van der Waals surface area contributed by atoms with Crippen molar-refractivity contribution >= 4 is 10.8 Å². The summed E-state index contributed by atoms with van der Waals surface area (Å²) in [5, 5.41) is 2.77. The van der Waals surface area contributed by atoms with E-state index >= 15 is 0 Å². The van der Waals surface area contributed by atoms with Crippen LogP contribution in [0.2, 0.25) is 0 Å². The molecule has 0 saturated heterocycles. The van der Waals surface area contributed by atoms with Crippen LogP contribution in [0.15, 0.2) is 36.4 Å². The number of halogens is 3. The van der Waals surface area contributed by atoms with E-state index in [9.17, 15) is 7.88 Å². The molecular weight excluding hydrogens is 304 g/mol. The van der Waals surface area contributed by atoms with Crippen LogP contribution in [0.4, 0.5) is 7.88 Å². The Bertz CT molecular complexity index is 401. The van der Waals surface area contributed by atoms with Gasteiger partial charge in [-0.2, -0.15) is 6.07 Å². The van der Waals surface area contributed by atoms with Gasteiger partial charge < -0.3 is 0 Å². The van der Waals surface area contributed by atoms with Gasteiger partial charge in [-0.25, -0.2) is 0 Å². The summed E-state index contributed by atoms with van der Waals surface area (Å²) in [6.45, 7) is 2.24. The van der Waals surface area contributed by atoms with Crippen molar-refractivity contribution in [1.29, 1.82) is 0 Å². The summed E-state index contributed by atoms with van der Waals surface area (Å²) in [6, 6.07) is 13.2. The normalized spacial score (nSPS) is 9.88. The SMILES string of the molecule is CCCCc1cc2ccccc2[cH-]1.[F][Zr]([F])[F]. The zero-order valence-electron chi connectivity index (χ0n) is 9.72. The van der Waals surface area contributed by atoms with Gasteiger partial charge in [0.1, 0.15) is 0 Å². The van der Waals surface area contributed by atoms with E-state index in [1.165, 1.54) is 35.6 Å². The van der Waals surface area contributed by atoms with Crippen molar-refractivity contribution in [1.82, 2.24) is 0 Å². The molecule has 2 aromatic rings. The molecule has 0 atom stereocenters. The summed E-state index contributed by atoms with van der Waals surface area (Å²) >= 11 is -5.04. The van der Waals surface area contributed by atoms with Gasteiger partial charge >= 0.3 is 31.5 Å². The van der Waals surface area contributed by atoms with Crippen LogP contribution < -0.4 is 0 Å². The molecule has 93 valence electrons. The van der Waals surface area contributed by atoms with E-state index in [1.807, 2.05) is 0 Å². The first-order chi connectivity index (χ1) is 8.13. The second-order valence-corrected chi connectivity index (χ2v) is 4.86. The number of aryl methyl sites for hydroxylation is 1. The number of benzene rings is 1. The molecule has 2 aromatic carbocycles. The molecule has 0 radical (unpaired) electrons. The third kappa shape index (κ3) is 5.58. The van der Waals surface area contributed by atoms with Gasteiger partial charge in [-0.05, 0) is 6.42 Å². The zero-order chi connectivity index (χ0) is 12.7. The molecule has 0 saturated carbocycles. The molecule has 0 aliphatic carbocycles. The molecule has 0 fully saturated rings. The standard InChI is InChI=1S/C13H15.3FH.Zr/c1-2-3-6-11-9-12-7-4-5-8-13(12)10-11;;;;/h4-5,7-10H,2-3,6H2,1H3;3*1H;/q-1;;;;+3/p-3. The summed E-state index contributed by atoms with van der Waals surface area (Å²) in [6.07, 6.45) is 3.81. The molecule has 0 N–H and O–H groups in total. The van der Waals surface area contributed by atoms with Crippen LogP contribution >= 0.6 is 0 Å². The molecule has 0 aromatic heterocycles. The monoisotopic (exact) mass is 318 g/mol. The first-order valence-electron chi connectivity index (χ1n) is 5.61. The fraction of sp³-hybridized carbons (Fsp3) is 0.308. The predicted octanol–water partition coefficient (Wildman–Crippen LogP) is 5.16. The van der Waals surface area contributed by atoms with E-state index in [1.54, 1.807) is 0 Å². The Hall–Kier alpha value is -0.497. The second kappa shape index (κ2) is 7.76. The first kappa shape index (κ1) is 14.6. The quantitative estimate of drug-likeness (QED) is 0.686. The number of hydrogen-bond donors (Lipinski definition) is 0. The number of fused-ring (bicyclic) bond motifs is 1. The van der Waals surface area contributed by atoms with Gasteiger partial charge in [-0.3, -0.25) is 0 Å². The van der Waals surface area contributed by atoms with Crippen LogP contribution in [0.25, 0.3) is 10.8 Å². The Kier molecular flexibility index (Phi) is 6.65. The van der Waals surface area contributed by atoms with Crippen molar-refractivity contribution in [3.05, 3.63) is 42.0 Å². The van der Waals surface area contributed by atoms with E-state index in [0.29, 0.717) is 0 Å². The average Bonchev–Trinajstić information content (AvgIpc) is 2.68. The summed E-state index contributed by atoms with van der Waals surface area (Å²) in [5.41, 5.74) is 1.49. The van der Waals surface area contributed by atoms with Gasteiger partial charge in [-0.1, -0.05) is 25.8 Å². The van der Waals surface area contributed by atoms with Crippen LogP contribution in [0, 0.1) is 0 Å². The van der Waals surface area contributed by atoms with Crippen molar-refractivity contribution in [3.63, 3.8) is 0 Å². The zero-order valence-corrected chi connectivity index (χ0v) is 12.2. The van der Waals surface area contributed by atoms with Crippen LogP contribution in [-0.4, -0.2) is 0 Å². The molecule has 0 spiro atoms. The maximum absolute atomic E-state index is 9.86. The maximum atomic E-state index is 9.86. The number of rotatable bonds is 3. The average molecular weight is 319 g/mol. The number of hydrogen-bond acceptors (Lipinski definition) is 0. The van der Waals surface area contributed by atoms with Gasteiger partial charge in [-0.15, -0.1) is 40.6 Å². The van der Waals surface area contributed by atoms with E-state index < -0.39 is 23.6 Å². The van der Waals surface area contributed by atoms with E-state index in [2.05, 4.69) is 43.3 Å². The molecule has 0 heterocycles. The third-order valence-corrected chi connectivity index (χ3v) is 2.50. The summed E-state index contributed by atoms with van der Waals surface area (Å²) in [7, 11) is 0. The predicted molar refractivity (Wildman–Crippen MR) is 61.5 cm³/mol. The van der Waals surface area contributed by atoms with Crippen molar-refractivity contribution in [3.8, 4) is 0 Å². The van der Waals surface area contributed by atoms with Crippen LogP contribution in [0.1, 0.15) is 25.3 Å². The minimum atomic E-state index is -5.04. The van der Waals surface area contributed by atoms with Crippen LogP contribution in [0.3, 0.4) is 0 Å². The van der Waals surface area contributed by atoms with Gasteiger partial charge in [0.15, 0.2) is 0 Å². The van der Waals surface area contributed by atoms with Gasteiger partial charge in [0.25, 0.3) is 0 Å². The summed E-state index contributed by atoms with van der Waals surface area (Å²) in [4.78, 5) is 0. The van der Waals surface area contributed by atoms with Crippen LogP contribution in [0.5, 0.6) is 0 Å². The van der Waals surface area contributed by atoms with Crippen molar-refractivity contribution < 1.29 is 31.5 Å². The Morgan fingerprint density at radius 2 is 1.82 bits per heavy atom. The molecule has 0 unspecified atom stereocenters. The second-order valence-electron chi connectivity index (χ2n) is 3.81. The molecule has 4 heteroatoms. The van der Waals surface area contributed by atoms with Gasteiger partial charge in [0.05, 0.1) is 0 Å². The Balaban J connectivity index is 0.000000317. The molecule has 0 aliphatic heterocycles. The Morgan fingerprint density at radius 1 is 1.18 bits per heavy atom. The molecule has 2 rings (SSSR count). The van der Waals surface area contributed by atoms with Crippen LogP contribution in [-0.2, 0) is 30.0 Å². The molecule has 0 nitrogen and oxygen atoms in total. The molecular formula is C13H15F3Zr-. The Labute approximate surface area is 110 Å². The Morgan fingerprint density at radius 3 is 2.41 bits per heavy atom. The van der Waals surface area contributed by atoms with E-state index in [4.69, 9.17) is 0 Å². The topological polar surface area (TPSA) is 0 Å². The summed E-state index contributed by atoms with van der Waals surface area (Å²) < 4.78 is 29.6. The number of unbranched alkanes of at least 4 members (excludes halogenated alkanes) is 1. The molecule has 0 amide bonds. The van der Waals surface area contributed by atoms with Crippen molar-refractivity contribution in [2.24, 2.45) is 0 Å². The van der Waals surface area contributed by atoms with Crippen molar-refractivity contribution in [2.45, 2.75) is 26.2 Å². The third-order valence-electron chi connectivity index (χ3n) is 2.50. The van der Waals surface area contributed by atoms with Crippen molar-refractivity contribution in [2.75, 3.05) is 0 Å². The van der Waals surface area contributed by atoms with Gasteiger partial charge in [0.2, 0.25) is 0 Å². The van der Waals surface area contributed by atoms with E-state index in [0.717, 1.165) is 0 Å². The molecule has 0 bridgehead atoms.